The molecule has 3 aromatic carbocycles. The standard InChI is InChI=1S/C23H25NO3/c1-3-21(27-19-11-6-8-17(2)16-19)23(25)24-14-15-26-22-13-7-10-18-9-4-5-12-20(18)22/h4-13,16,21H,3,14-15H2,1-2H3,(H,24,25). The van der Waals surface area contributed by atoms with E-state index >= 15 is 0 Å². The minimum atomic E-state index is -0.510. The number of benzene rings is 3. The van der Waals surface area contributed by atoms with Crippen LogP contribution in [0.25, 0.3) is 10.8 Å². The van der Waals surface area contributed by atoms with Gasteiger partial charge in [-0.1, -0.05) is 55.5 Å². The number of aryl methyl sites for hydroxylation is 1. The van der Waals surface area contributed by atoms with Crippen LogP contribution in [0.2, 0.25) is 0 Å². The summed E-state index contributed by atoms with van der Waals surface area (Å²) in [5.41, 5.74) is 1.10. The van der Waals surface area contributed by atoms with Crippen molar-refractivity contribution in [2.24, 2.45) is 0 Å². The van der Waals surface area contributed by atoms with E-state index in [1.807, 2.05) is 68.4 Å². The molecule has 0 radical (unpaired) electrons. The molecule has 0 bridgehead atoms. The van der Waals surface area contributed by atoms with Gasteiger partial charge in [-0.2, -0.15) is 0 Å². The average molecular weight is 363 g/mol. The van der Waals surface area contributed by atoms with Crippen molar-refractivity contribution in [3.63, 3.8) is 0 Å². The summed E-state index contributed by atoms with van der Waals surface area (Å²) in [6.07, 6.45) is 0.0913. The Morgan fingerprint density at radius 3 is 2.63 bits per heavy atom. The van der Waals surface area contributed by atoms with E-state index in [2.05, 4.69) is 17.4 Å². The van der Waals surface area contributed by atoms with Gasteiger partial charge in [0.15, 0.2) is 6.10 Å². The average Bonchev–Trinajstić information content (AvgIpc) is 2.69. The lowest BCUT2D eigenvalue weighted by molar-refractivity contribution is -0.128. The molecule has 1 atom stereocenters. The van der Waals surface area contributed by atoms with Crippen LogP contribution in [-0.2, 0) is 4.79 Å². The minimum absolute atomic E-state index is 0.125. The van der Waals surface area contributed by atoms with Gasteiger partial charge in [0.25, 0.3) is 5.91 Å². The zero-order valence-electron chi connectivity index (χ0n) is 15.8. The third-order valence-corrected chi connectivity index (χ3v) is 4.34. The van der Waals surface area contributed by atoms with Gasteiger partial charge in [-0.05, 0) is 42.5 Å². The molecule has 0 spiro atoms. The predicted molar refractivity (Wildman–Crippen MR) is 108 cm³/mol. The summed E-state index contributed by atoms with van der Waals surface area (Å²) < 4.78 is 11.7. The van der Waals surface area contributed by atoms with Crippen LogP contribution in [0.3, 0.4) is 0 Å². The molecule has 0 aromatic heterocycles. The molecule has 0 aliphatic heterocycles. The van der Waals surface area contributed by atoms with Crippen LogP contribution in [-0.4, -0.2) is 25.2 Å². The molecule has 0 saturated carbocycles. The molecule has 1 N–H and O–H groups in total. The smallest absolute Gasteiger partial charge is 0.261 e. The van der Waals surface area contributed by atoms with E-state index in [4.69, 9.17) is 9.47 Å². The Morgan fingerprint density at radius 1 is 1.04 bits per heavy atom. The van der Waals surface area contributed by atoms with Crippen LogP contribution >= 0.6 is 0 Å². The maximum Gasteiger partial charge on any atom is 0.261 e. The molecule has 3 aromatic rings. The molecule has 140 valence electrons. The van der Waals surface area contributed by atoms with Crippen molar-refractivity contribution in [2.75, 3.05) is 13.2 Å². The van der Waals surface area contributed by atoms with Gasteiger partial charge in [0.05, 0.1) is 6.54 Å². The predicted octanol–water partition coefficient (Wildman–Crippen LogP) is 4.50. The monoisotopic (exact) mass is 363 g/mol. The van der Waals surface area contributed by atoms with Gasteiger partial charge in [0, 0.05) is 5.39 Å². The van der Waals surface area contributed by atoms with Crippen molar-refractivity contribution in [2.45, 2.75) is 26.4 Å². The Labute approximate surface area is 160 Å². The number of rotatable bonds is 8. The van der Waals surface area contributed by atoms with Crippen LogP contribution in [0, 0.1) is 6.92 Å². The van der Waals surface area contributed by atoms with E-state index in [1.165, 1.54) is 0 Å². The van der Waals surface area contributed by atoms with Gasteiger partial charge in [0.2, 0.25) is 0 Å². The molecule has 1 unspecified atom stereocenters. The molecule has 0 heterocycles. The fourth-order valence-corrected chi connectivity index (χ4v) is 2.95. The van der Waals surface area contributed by atoms with Crippen molar-refractivity contribution < 1.29 is 14.3 Å². The minimum Gasteiger partial charge on any atom is -0.491 e. The van der Waals surface area contributed by atoms with E-state index in [-0.39, 0.29) is 5.91 Å². The number of ether oxygens (including phenoxy) is 2. The highest BCUT2D eigenvalue weighted by Crippen LogP contribution is 2.24. The van der Waals surface area contributed by atoms with Gasteiger partial charge in [-0.25, -0.2) is 0 Å². The van der Waals surface area contributed by atoms with E-state index in [1.54, 1.807) is 0 Å². The highest BCUT2D eigenvalue weighted by Gasteiger charge is 2.18. The summed E-state index contributed by atoms with van der Waals surface area (Å²) in [6.45, 7) is 4.77. The normalized spacial score (nSPS) is 11.8. The number of carbonyl (C=O) groups is 1. The topological polar surface area (TPSA) is 47.6 Å². The van der Waals surface area contributed by atoms with Gasteiger partial charge >= 0.3 is 0 Å². The number of carbonyl (C=O) groups excluding carboxylic acids is 1. The summed E-state index contributed by atoms with van der Waals surface area (Å²) in [4.78, 5) is 12.4. The molecule has 0 fully saturated rings. The first-order chi connectivity index (χ1) is 13.2. The quantitative estimate of drug-likeness (QED) is 0.600. The van der Waals surface area contributed by atoms with Crippen molar-refractivity contribution >= 4 is 16.7 Å². The largest absolute Gasteiger partial charge is 0.491 e. The lowest BCUT2D eigenvalue weighted by Gasteiger charge is -2.18. The van der Waals surface area contributed by atoms with Crippen LogP contribution in [0.15, 0.2) is 66.7 Å². The van der Waals surface area contributed by atoms with Crippen molar-refractivity contribution in [1.29, 1.82) is 0 Å². The third kappa shape index (κ3) is 5.00. The Balaban J connectivity index is 1.51. The molecule has 1 amide bonds. The zero-order valence-corrected chi connectivity index (χ0v) is 15.8. The first-order valence-electron chi connectivity index (χ1n) is 9.29. The summed E-state index contributed by atoms with van der Waals surface area (Å²) in [6, 6.07) is 21.8. The van der Waals surface area contributed by atoms with E-state index in [9.17, 15) is 4.79 Å². The van der Waals surface area contributed by atoms with Crippen LogP contribution in [0.1, 0.15) is 18.9 Å². The van der Waals surface area contributed by atoms with Crippen LogP contribution in [0.5, 0.6) is 11.5 Å². The lowest BCUT2D eigenvalue weighted by atomic mass is 10.1. The molecule has 3 rings (SSSR count). The first kappa shape index (κ1) is 18.8. The van der Waals surface area contributed by atoms with Crippen molar-refractivity contribution in [3.05, 3.63) is 72.3 Å². The zero-order chi connectivity index (χ0) is 19.1. The number of hydrogen-bond acceptors (Lipinski definition) is 3. The Kier molecular flexibility index (Phi) is 6.31. The Morgan fingerprint density at radius 2 is 1.81 bits per heavy atom. The van der Waals surface area contributed by atoms with Gasteiger partial charge in [-0.3, -0.25) is 4.79 Å². The summed E-state index contributed by atoms with van der Waals surface area (Å²) in [5.74, 6) is 1.41. The molecule has 4 nitrogen and oxygen atoms in total. The van der Waals surface area contributed by atoms with Gasteiger partial charge < -0.3 is 14.8 Å². The number of amides is 1. The van der Waals surface area contributed by atoms with E-state index in [0.717, 1.165) is 22.1 Å². The molecule has 4 heteroatoms. The van der Waals surface area contributed by atoms with E-state index < -0.39 is 6.10 Å². The Hall–Kier alpha value is -3.01. The first-order valence-corrected chi connectivity index (χ1v) is 9.29. The van der Waals surface area contributed by atoms with Gasteiger partial charge in [-0.15, -0.1) is 0 Å². The maximum atomic E-state index is 12.4. The highest BCUT2D eigenvalue weighted by molar-refractivity contribution is 5.88. The second-order valence-corrected chi connectivity index (χ2v) is 6.45. The van der Waals surface area contributed by atoms with Crippen LogP contribution < -0.4 is 14.8 Å². The summed E-state index contributed by atoms with van der Waals surface area (Å²) in [7, 11) is 0. The molecular formula is C23H25NO3. The summed E-state index contributed by atoms with van der Waals surface area (Å²) in [5, 5.41) is 5.10. The third-order valence-electron chi connectivity index (χ3n) is 4.34. The summed E-state index contributed by atoms with van der Waals surface area (Å²) >= 11 is 0. The fraction of sp³-hybridized carbons (Fsp3) is 0.261. The molecule has 0 saturated heterocycles. The second-order valence-electron chi connectivity index (χ2n) is 6.45. The number of nitrogens with one attached hydrogen (secondary N) is 1. The molecule has 0 aliphatic carbocycles. The maximum absolute atomic E-state index is 12.4. The van der Waals surface area contributed by atoms with Crippen LogP contribution in [0.4, 0.5) is 0 Å². The number of fused-ring (bicyclic) bond motifs is 1. The number of hydrogen-bond donors (Lipinski definition) is 1. The highest BCUT2D eigenvalue weighted by atomic mass is 16.5. The molecular weight excluding hydrogens is 338 g/mol. The van der Waals surface area contributed by atoms with Crippen molar-refractivity contribution in [1.82, 2.24) is 5.32 Å². The second kappa shape index (κ2) is 9.08. The fourth-order valence-electron chi connectivity index (χ4n) is 2.95. The van der Waals surface area contributed by atoms with Gasteiger partial charge in [0.1, 0.15) is 18.1 Å². The SMILES string of the molecule is CCC(Oc1cccc(C)c1)C(=O)NCCOc1cccc2ccccc12. The Bertz CT molecular complexity index is 902. The van der Waals surface area contributed by atoms with E-state index in [0.29, 0.717) is 25.3 Å². The van der Waals surface area contributed by atoms with Crippen molar-refractivity contribution in [3.8, 4) is 11.5 Å². The molecule has 27 heavy (non-hydrogen) atoms. The molecule has 0 aliphatic rings. The lowest BCUT2D eigenvalue weighted by Crippen LogP contribution is -2.39.